The molecule has 0 saturated heterocycles. The normalized spacial score (nSPS) is 9.84. The summed E-state index contributed by atoms with van der Waals surface area (Å²) in [5.41, 5.74) is 3.81. The summed E-state index contributed by atoms with van der Waals surface area (Å²) < 4.78 is 2.17. The maximum atomic E-state index is 2.35. The molecule has 0 unspecified atom stereocenters. The van der Waals surface area contributed by atoms with Crippen molar-refractivity contribution in [2.75, 3.05) is 18.0 Å². The van der Waals surface area contributed by atoms with Crippen LogP contribution in [0.15, 0.2) is 48.8 Å². The zero-order chi connectivity index (χ0) is 13.0. The molecule has 3 heteroatoms. The topological polar surface area (TPSA) is 7.12 Å². The third-order valence-electron chi connectivity index (χ3n) is 3.33. The Morgan fingerprint density at radius 2 is 1.53 bits per heavy atom. The van der Waals surface area contributed by atoms with E-state index in [1.165, 1.54) is 16.9 Å². The predicted molar refractivity (Wildman–Crippen MR) is 76.3 cm³/mol. The number of aryl methyl sites for hydroxylation is 1. The van der Waals surface area contributed by atoms with E-state index in [0.29, 0.717) is 0 Å². The Bertz CT molecular complexity index is 504. The average Bonchev–Trinajstić information content (AvgIpc) is 2.42. The molecule has 0 aliphatic rings. The summed E-state index contributed by atoms with van der Waals surface area (Å²) in [4.78, 5) is 2.35. The molecule has 1 aromatic carbocycles. The van der Waals surface area contributed by atoms with Crippen molar-refractivity contribution < 1.29 is 17.0 Å². The van der Waals surface area contributed by atoms with E-state index in [4.69, 9.17) is 0 Å². The van der Waals surface area contributed by atoms with Gasteiger partial charge in [-0.1, -0.05) is 18.2 Å². The highest BCUT2D eigenvalue weighted by Crippen LogP contribution is 2.12. The lowest BCUT2D eigenvalue weighted by atomic mass is 10.2. The van der Waals surface area contributed by atoms with Crippen LogP contribution >= 0.6 is 0 Å². The fourth-order valence-electron chi connectivity index (χ4n) is 2.23. The Balaban J connectivity index is 0.00000180. The second kappa shape index (κ2) is 7.15. The minimum Gasteiger partial charge on any atom is -1.00 e. The maximum absolute atomic E-state index is 2.35. The number of pyridine rings is 1. The van der Waals surface area contributed by atoms with Crippen LogP contribution in [0.4, 0.5) is 5.69 Å². The van der Waals surface area contributed by atoms with Crippen LogP contribution in [0, 0.1) is 6.92 Å². The average molecular weight is 277 g/mol. The Morgan fingerprint density at radius 3 is 2.05 bits per heavy atom. The molecule has 0 atom stereocenters. The van der Waals surface area contributed by atoms with Gasteiger partial charge in [-0.2, -0.15) is 4.57 Å². The van der Waals surface area contributed by atoms with Gasteiger partial charge in [0.25, 0.3) is 0 Å². The van der Waals surface area contributed by atoms with Gasteiger partial charge < -0.3 is 17.3 Å². The first-order valence-corrected chi connectivity index (χ1v) is 6.58. The van der Waals surface area contributed by atoms with Crippen molar-refractivity contribution in [2.24, 2.45) is 0 Å². The molecule has 0 N–H and O–H groups in total. The van der Waals surface area contributed by atoms with E-state index in [2.05, 4.69) is 79.0 Å². The Hall–Kier alpha value is -1.54. The fraction of sp³-hybridized carbons (Fsp3) is 0.312. The molecule has 0 bridgehead atoms. The van der Waals surface area contributed by atoms with Crippen LogP contribution in [0.1, 0.15) is 19.4 Å². The number of hydrogen-bond acceptors (Lipinski definition) is 1. The summed E-state index contributed by atoms with van der Waals surface area (Å²) in [6, 6.07) is 12.8. The molecule has 1 aromatic heterocycles. The second-order valence-electron chi connectivity index (χ2n) is 4.42. The van der Waals surface area contributed by atoms with E-state index in [0.717, 1.165) is 13.1 Å². The number of para-hydroxylation sites is 1. The van der Waals surface area contributed by atoms with E-state index >= 15 is 0 Å². The van der Waals surface area contributed by atoms with Gasteiger partial charge in [0.15, 0.2) is 12.4 Å². The molecule has 0 spiro atoms. The lowest BCUT2D eigenvalue weighted by molar-refractivity contribution is -0.596. The number of halogens is 1. The third-order valence-corrected chi connectivity index (χ3v) is 3.33. The summed E-state index contributed by atoms with van der Waals surface area (Å²) in [5.74, 6) is 0. The molecule has 2 rings (SSSR count). The molecule has 2 aromatic rings. The molecule has 0 saturated carbocycles. The maximum Gasteiger partial charge on any atom is 0.213 e. The zero-order valence-electron chi connectivity index (χ0n) is 11.8. The van der Waals surface area contributed by atoms with Crippen LogP contribution in [0.25, 0.3) is 5.69 Å². The largest absolute Gasteiger partial charge is 1.00 e. The van der Waals surface area contributed by atoms with E-state index < -0.39 is 0 Å². The highest BCUT2D eigenvalue weighted by atomic mass is 35.5. The molecule has 2 nitrogen and oxygen atoms in total. The van der Waals surface area contributed by atoms with Gasteiger partial charge >= 0.3 is 0 Å². The number of aromatic nitrogens is 1. The molecule has 0 aliphatic heterocycles. The summed E-state index contributed by atoms with van der Waals surface area (Å²) in [6.07, 6.45) is 4.27. The van der Waals surface area contributed by atoms with Crippen LogP contribution in [0.3, 0.4) is 0 Å². The van der Waals surface area contributed by atoms with Crippen LogP contribution in [0.2, 0.25) is 0 Å². The van der Waals surface area contributed by atoms with E-state index in [-0.39, 0.29) is 12.4 Å². The van der Waals surface area contributed by atoms with Crippen LogP contribution < -0.4 is 21.9 Å². The molecular weight excluding hydrogens is 256 g/mol. The molecule has 0 radical (unpaired) electrons. The first-order valence-electron chi connectivity index (χ1n) is 6.58. The SMILES string of the molecule is CCN(CC)c1cc[n+](-c2ccccc2C)cc1.[Cl-]. The Morgan fingerprint density at radius 1 is 0.947 bits per heavy atom. The fourth-order valence-corrected chi connectivity index (χ4v) is 2.23. The molecule has 0 amide bonds. The Labute approximate surface area is 122 Å². The molecule has 102 valence electrons. The first-order chi connectivity index (χ1) is 8.76. The zero-order valence-corrected chi connectivity index (χ0v) is 12.6. The van der Waals surface area contributed by atoms with E-state index in [1.54, 1.807) is 0 Å². The van der Waals surface area contributed by atoms with Gasteiger partial charge in [0, 0.05) is 42.5 Å². The number of anilines is 1. The van der Waals surface area contributed by atoms with Crippen molar-refractivity contribution in [2.45, 2.75) is 20.8 Å². The molecular formula is C16H21ClN2. The number of nitrogens with zero attached hydrogens (tertiary/aromatic N) is 2. The van der Waals surface area contributed by atoms with Crippen LogP contribution in [-0.2, 0) is 0 Å². The molecule has 0 fully saturated rings. The van der Waals surface area contributed by atoms with Gasteiger partial charge in [0.1, 0.15) is 0 Å². The highest BCUT2D eigenvalue weighted by Gasteiger charge is 2.09. The molecule has 1 heterocycles. The van der Waals surface area contributed by atoms with Gasteiger partial charge in [-0.25, -0.2) is 0 Å². The lowest BCUT2D eigenvalue weighted by Gasteiger charge is -2.19. The summed E-state index contributed by atoms with van der Waals surface area (Å²) in [6.45, 7) is 8.61. The van der Waals surface area contributed by atoms with Crippen molar-refractivity contribution in [3.05, 3.63) is 54.4 Å². The van der Waals surface area contributed by atoms with Gasteiger partial charge in [-0.15, -0.1) is 0 Å². The van der Waals surface area contributed by atoms with Crippen molar-refractivity contribution in [1.82, 2.24) is 0 Å². The number of benzene rings is 1. The number of hydrogen-bond donors (Lipinski definition) is 0. The van der Waals surface area contributed by atoms with Gasteiger partial charge in [0.05, 0.1) is 0 Å². The first kappa shape index (κ1) is 15.5. The van der Waals surface area contributed by atoms with Gasteiger partial charge in [0.2, 0.25) is 5.69 Å². The molecule has 0 aliphatic carbocycles. The third kappa shape index (κ3) is 3.48. The standard InChI is InChI=1S/C16H21N2.ClH/c1-4-17(5-2)15-10-12-18(13-11-15)16-9-7-6-8-14(16)3;/h6-13H,4-5H2,1-3H3;1H/q+1;/p-1. The van der Waals surface area contributed by atoms with E-state index in [9.17, 15) is 0 Å². The predicted octanol–water partition coefficient (Wildman–Crippen LogP) is 0.122. The number of rotatable bonds is 4. The van der Waals surface area contributed by atoms with Gasteiger partial charge in [-0.3, -0.25) is 0 Å². The Kier molecular flexibility index (Phi) is 5.84. The van der Waals surface area contributed by atoms with Crippen molar-refractivity contribution in [3.8, 4) is 5.69 Å². The molecule has 19 heavy (non-hydrogen) atoms. The van der Waals surface area contributed by atoms with Crippen molar-refractivity contribution in [3.63, 3.8) is 0 Å². The minimum absolute atomic E-state index is 0. The van der Waals surface area contributed by atoms with Gasteiger partial charge in [-0.05, 0) is 20.8 Å². The van der Waals surface area contributed by atoms with Crippen molar-refractivity contribution in [1.29, 1.82) is 0 Å². The van der Waals surface area contributed by atoms with Crippen molar-refractivity contribution >= 4 is 5.69 Å². The van der Waals surface area contributed by atoms with E-state index in [1.807, 2.05) is 0 Å². The quantitative estimate of drug-likeness (QED) is 0.720. The summed E-state index contributed by atoms with van der Waals surface area (Å²) >= 11 is 0. The summed E-state index contributed by atoms with van der Waals surface area (Å²) in [7, 11) is 0. The monoisotopic (exact) mass is 276 g/mol. The second-order valence-corrected chi connectivity index (χ2v) is 4.42. The highest BCUT2D eigenvalue weighted by molar-refractivity contribution is 5.44. The van der Waals surface area contributed by atoms with Crippen LogP contribution in [-0.4, -0.2) is 13.1 Å². The minimum atomic E-state index is 0. The lowest BCUT2D eigenvalue weighted by Crippen LogP contribution is -3.00. The summed E-state index contributed by atoms with van der Waals surface area (Å²) in [5, 5.41) is 0. The van der Waals surface area contributed by atoms with Crippen LogP contribution in [0.5, 0.6) is 0 Å². The smallest absolute Gasteiger partial charge is 0.213 e.